The highest BCUT2D eigenvalue weighted by molar-refractivity contribution is 5.79. The van der Waals surface area contributed by atoms with Gasteiger partial charge in [-0.2, -0.15) is 0 Å². The van der Waals surface area contributed by atoms with E-state index in [2.05, 4.69) is 29.5 Å². The van der Waals surface area contributed by atoms with Gasteiger partial charge in [-0.25, -0.2) is 0 Å². The molecule has 0 aliphatic heterocycles. The highest BCUT2D eigenvalue weighted by atomic mass is 16.5. The summed E-state index contributed by atoms with van der Waals surface area (Å²) < 4.78 is 10.7. The quantitative estimate of drug-likeness (QED) is 0.441. The minimum atomic E-state index is 0.381. The number of ether oxygens (including phenoxy) is 1. The van der Waals surface area contributed by atoms with E-state index in [1.165, 1.54) is 0 Å². The van der Waals surface area contributed by atoms with Gasteiger partial charge in [-0.15, -0.1) is 0 Å². The molecule has 1 rings (SSSR count). The van der Waals surface area contributed by atoms with E-state index in [9.17, 15) is 0 Å². The summed E-state index contributed by atoms with van der Waals surface area (Å²) in [6, 6.07) is 4.15. The third kappa shape index (κ3) is 6.30. The van der Waals surface area contributed by atoms with Crippen LogP contribution in [0.4, 0.5) is 0 Å². The van der Waals surface area contributed by atoms with Gasteiger partial charge in [-0.05, 0) is 32.4 Å². The fraction of sp³-hybridized carbons (Fsp3) is 0.615. The Morgan fingerprint density at radius 1 is 1.50 bits per heavy atom. The second-order valence-corrected chi connectivity index (χ2v) is 4.28. The summed E-state index contributed by atoms with van der Waals surface area (Å²) in [7, 11) is 1.77. The van der Waals surface area contributed by atoms with Gasteiger partial charge in [0.25, 0.3) is 0 Å². The lowest BCUT2D eigenvalue weighted by Crippen LogP contribution is -2.41. The maximum atomic E-state index is 5.48. The molecule has 0 fully saturated rings. The number of furan rings is 1. The van der Waals surface area contributed by atoms with Crippen LogP contribution in [0.25, 0.3) is 0 Å². The molecule has 1 aromatic heterocycles. The summed E-state index contributed by atoms with van der Waals surface area (Å²) in [5.74, 6) is 1.69. The smallest absolute Gasteiger partial charge is 0.191 e. The molecule has 0 atom stereocenters. The topological polar surface area (TPSA) is 58.8 Å². The number of nitrogens with zero attached hydrogens (tertiary/aromatic N) is 1. The molecule has 0 saturated carbocycles. The Balaban J connectivity index is 2.01. The zero-order valence-corrected chi connectivity index (χ0v) is 11.4. The lowest BCUT2D eigenvalue weighted by atomic mass is 10.4. The van der Waals surface area contributed by atoms with Gasteiger partial charge in [0.05, 0.1) is 6.26 Å². The van der Waals surface area contributed by atoms with Crippen molar-refractivity contribution in [1.29, 1.82) is 0 Å². The van der Waals surface area contributed by atoms with E-state index in [0.29, 0.717) is 19.3 Å². The van der Waals surface area contributed by atoms with E-state index in [1.54, 1.807) is 13.3 Å². The molecule has 0 aromatic carbocycles. The van der Waals surface area contributed by atoms with Crippen molar-refractivity contribution >= 4 is 5.96 Å². The highest BCUT2D eigenvalue weighted by Crippen LogP contribution is 2.01. The monoisotopic (exact) mass is 253 g/mol. The Kier molecular flexibility index (Phi) is 6.94. The van der Waals surface area contributed by atoms with Gasteiger partial charge in [0.15, 0.2) is 5.96 Å². The minimum Gasteiger partial charge on any atom is -0.467 e. The van der Waals surface area contributed by atoms with Crippen LogP contribution in [0.5, 0.6) is 0 Å². The van der Waals surface area contributed by atoms with Crippen LogP contribution in [0.1, 0.15) is 26.0 Å². The largest absolute Gasteiger partial charge is 0.467 e. The summed E-state index contributed by atoms with van der Waals surface area (Å²) >= 11 is 0. The van der Waals surface area contributed by atoms with Crippen LogP contribution >= 0.6 is 0 Å². The van der Waals surface area contributed by atoms with Crippen LogP contribution in [-0.2, 0) is 11.3 Å². The molecule has 18 heavy (non-hydrogen) atoms. The Morgan fingerprint density at radius 3 is 2.94 bits per heavy atom. The number of rotatable bonds is 7. The molecule has 0 spiro atoms. The number of hydrogen-bond acceptors (Lipinski definition) is 3. The first-order chi connectivity index (χ1) is 8.72. The molecular weight excluding hydrogens is 230 g/mol. The Morgan fingerprint density at radius 2 is 2.33 bits per heavy atom. The maximum absolute atomic E-state index is 5.48. The molecule has 0 aliphatic rings. The van der Waals surface area contributed by atoms with Gasteiger partial charge in [0.2, 0.25) is 0 Å². The molecule has 0 radical (unpaired) electrons. The van der Waals surface area contributed by atoms with Crippen LogP contribution in [0, 0.1) is 0 Å². The van der Waals surface area contributed by atoms with E-state index in [1.807, 2.05) is 12.1 Å². The Bertz CT molecular complexity index is 334. The number of guanidine groups is 1. The molecule has 2 N–H and O–H groups in total. The van der Waals surface area contributed by atoms with Gasteiger partial charge < -0.3 is 19.8 Å². The molecule has 0 unspecified atom stereocenters. The van der Waals surface area contributed by atoms with Crippen molar-refractivity contribution < 1.29 is 9.15 Å². The molecule has 1 heterocycles. The predicted molar refractivity (Wildman–Crippen MR) is 72.6 cm³/mol. The number of nitrogens with one attached hydrogen (secondary N) is 2. The standard InChI is InChI=1S/C13H23N3O2/c1-11(2)16-13(14-3)15-7-5-8-17-10-12-6-4-9-18-12/h4,6,9,11H,5,7-8,10H2,1-3H3,(H2,14,15,16). The van der Waals surface area contributed by atoms with Crippen molar-refractivity contribution in [1.82, 2.24) is 10.6 Å². The fourth-order valence-electron chi connectivity index (χ4n) is 1.42. The second-order valence-electron chi connectivity index (χ2n) is 4.28. The van der Waals surface area contributed by atoms with Crippen LogP contribution in [0.15, 0.2) is 27.8 Å². The molecule has 102 valence electrons. The van der Waals surface area contributed by atoms with Gasteiger partial charge in [0, 0.05) is 26.2 Å². The van der Waals surface area contributed by atoms with E-state index in [4.69, 9.17) is 9.15 Å². The summed E-state index contributed by atoms with van der Waals surface area (Å²) in [4.78, 5) is 4.13. The maximum Gasteiger partial charge on any atom is 0.191 e. The number of aliphatic imine (C=N–C) groups is 1. The van der Waals surface area contributed by atoms with Crippen molar-refractivity contribution in [2.75, 3.05) is 20.2 Å². The summed E-state index contributed by atoms with van der Waals surface area (Å²) in [6.45, 7) is 6.24. The molecule has 0 saturated heterocycles. The van der Waals surface area contributed by atoms with Crippen molar-refractivity contribution in [3.8, 4) is 0 Å². The Labute approximate surface area is 109 Å². The minimum absolute atomic E-state index is 0.381. The van der Waals surface area contributed by atoms with Crippen LogP contribution in [0.3, 0.4) is 0 Å². The summed E-state index contributed by atoms with van der Waals surface area (Å²) in [5, 5.41) is 6.46. The average molecular weight is 253 g/mol. The fourth-order valence-corrected chi connectivity index (χ4v) is 1.42. The first kappa shape index (κ1) is 14.6. The van der Waals surface area contributed by atoms with Gasteiger partial charge in [0.1, 0.15) is 12.4 Å². The van der Waals surface area contributed by atoms with E-state index in [0.717, 1.165) is 24.7 Å². The van der Waals surface area contributed by atoms with Crippen LogP contribution in [0.2, 0.25) is 0 Å². The highest BCUT2D eigenvalue weighted by Gasteiger charge is 1.99. The van der Waals surface area contributed by atoms with E-state index < -0.39 is 0 Å². The first-order valence-electron chi connectivity index (χ1n) is 6.29. The molecule has 0 bridgehead atoms. The molecule has 0 amide bonds. The lowest BCUT2D eigenvalue weighted by Gasteiger charge is -2.14. The Hall–Kier alpha value is -1.49. The van der Waals surface area contributed by atoms with E-state index >= 15 is 0 Å². The van der Waals surface area contributed by atoms with Crippen molar-refractivity contribution in [2.24, 2.45) is 4.99 Å². The SMILES string of the molecule is CN=C(NCCCOCc1ccco1)NC(C)C. The molecule has 5 heteroatoms. The predicted octanol–water partition coefficient (Wildman–Crippen LogP) is 1.76. The van der Waals surface area contributed by atoms with Crippen molar-refractivity contribution in [2.45, 2.75) is 32.9 Å². The normalized spacial score (nSPS) is 11.9. The first-order valence-corrected chi connectivity index (χ1v) is 6.29. The van der Waals surface area contributed by atoms with E-state index in [-0.39, 0.29) is 0 Å². The number of hydrogen-bond donors (Lipinski definition) is 2. The second kappa shape index (κ2) is 8.58. The van der Waals surface area contributed by atoms with Gasteiger partial charge in [-0.3, -0.25) is 4.99 Å². The lowest BCUT2D eigenvalue weighted by molar-refractivity contribution is 0.105. The van der Waals surface area contributed by atoms with Gasteiger partial charge >= 0.3 is 0 Å². The zero-order valence-electron chi connectivity index (χ0n) is 11.4. The third-order valence-corrected chi connectivity index (χ3v) is 2.23. The molecule has 0 aliphatic carbocycles. The van der Waals surface area contributed by atoms with Crippen molar-refractivity contribution in [3.63, 3.8) is 0 Å². The average Bonchev–Trinajstić information content (AvgIpc) is 2.84. The third-order valence-electron chi connectivity index (χ3n) is 2.23. The van der Waals surface area contributed by atoms with Crippen LogP contribution < -0.4 is 10.6 Å². The molecule has 1 aromatic rings. The van der Waals surface area contributed by atoms with Crippen molar-refractivity contribution in [3.05, 3.63) is 24.2 Å². The zero-order chi connectivity index (χ0) is 13.2. The molecular formula is C13H23N3O2. The summed E-state index contributed by atoms with van der Waals surface area (Å²) in [5.41, 5.74) is 0. The molecule has 5 nitrogen and oxygen atoms in total. The summed E-state index contributed by atoms with van der Waals surface area (Å²) in [6.07, 6.45) is 2.58. The van der Waals surface area contributed by atoms with Crippen LogP contribution in [-0.4, -0.2) is 32.2 Å². The van der Waals surface area contributed by atoms with Gasteiger partial charge in [-0.1, -0.05) is 0 Å².